The molecule has 0 aliphatic rings. The van der Waals surface area contributed by atoms with Gasteiger partial charge in [0.15, 0.2) is 0 Å². The van der Waals surface area contributed by atoms with E-state index in [1.165, 1.54) is 6.07 Å². The van der Waals surface area contributed by atoms with Crippen molar-refractivity contribution in [3.63, 3.8) is 0 Å². The van der Waals surface area contributed by atoms with Gasteiger partial charge in [0, 0.05) is 16.6 Å². The van der Waals surface area contributed by atoms with Gasteiger partial charge in [0.2, 0.25) is 0 Å². The lowest BCUT2D eigenvalue weighted by atomic mass is 9.92. The fraction of sp³-hybridized carbons (Fsp3) is 0.500. The van der Waals surface area contributed by atoms with Crippen molar-refractivity contribution in [2.75, 3.05) is 7.05 Å². The Bertz CT molecular complexity index is 327. The SMILES string of the molecule is CCC(C)C(NC)c1cc(Cl)ccc1F. The molecular weight excluding hydrogens is 213 g/mol. The second kappa shape index (κ2) is 5.47. The number of nitrogens with one attached hydrogen (secondary N) is 1. The van der Waals surface area contributed by atoms with E-state index in [9.17, 15) is 4.39 Å². The van der Waals surface area contributed by atoms with Gasteiger partial charge in [-0.25, -0.2) is 4.39 Å². The van der Waals surface area contributed by atoms with Gasteiger partial charge in [0.05, 0.1) is 0 Å². The fourth-order valence-corrected chi connectivity index (χ4v) is 1.92. The van der Waals surface area contributed by atoms with Crippen LogP contribution in [-0.4, -0.2) is 7.05 Å². The van der Waals surface area contributed by atoms with E-state index in [4.69, 9.17) is 11.6 Å². The summed E-state index contributed by atoms with van der Waals surface area (Å²) in [5.41, 5.74) is 0.652. The monoisotopic (exact) mass is 229 g/mol. The summed E-state index contributed by atoms with van der Waals surface area (Å²) in [4.78, 5) is 0. The highest BCUT2D eigenvalue weighted by molar-refractivity contribution is 6.30. The number of hydrogen-bond acceptors (Lipinski definition) is 1. The summed E-state index contributed by atoms with van der Waals surface area (Å²) in [6, 6.07) is 4.71. The van der Waals surface area contributed by atoms with Crippen molar-refractivity contribution in [1.82, 2.24) is 5.32 Å². The van der Waals surface area contributed by atoms with E-state index >= 15 is 0 Å². The minimum absolute atomic E-state index is 0.0219. The third-order valence-electron chi connectivity index (χ3n) is 2.82. The molecule has 0 amide bonds. The highest BCUT2D eigenvalue weighted by Gasteiger charge is 2.19. The summed E-state index contributed by atoms with van der Waals surface area (Å²) >= 11 is 5.87. The Morgan fingerprint density at radius 1 is 1.47 bits per heavy atom. The van der Waals surface area contributed by atoms with Gasteiger partial charge in [0.25, 0.3) is 0 Å². The van der Waals surface area contributed by atoms with Gasteiger partial charge in [-0.1, -0.05) is 31.9 Å². The molecule has 1 aromatic rings. The lowest BCUT2D eigenvalue weighted by Gasteiger charge is -2.23. The van der Waals surface area contributed by atoms with Crippen LogP contribution < -0.4 is 5.32 Å². The highest BCUT2D eigenvalue weighted by atomic mass is 35.5. The van der Waals surface area contributed by atoms with E-state index in [0.717, 1.165) is 6.42 Å². The Labute approximate surface area is 95.6 Å². The summed E-state index contributed by atoms with van der Waals surface area (Å²) in [6.45, 7) is 4.19. The quantitative estimate of drug-likeness (QED) is 0.829. The second-order valence-electron chi connectivity index (χ2n) is 3.82. The van der Waals surface area contributed by atoms with Gasteiger partial charge in [-0.2, -0.15) is 0 Å². The van der Waals surface area contributed by atoms with Crippen molar-refractivity contribution in [3.05, 3.63) is 34.6 Å². The largest absolute Gasteiger partial charge is 0.313 e. The Balaban J connectivity index is 3.05. The topological polar surface area (TPSA) is 12.0 Å². The maximum Gasteiger partial charge on any atom is 0.128 e. The van der Waals surface area contributed by atoms with Crippen LogP contribution in [0, 0.1) is 11.7 Å². The lowest BCUT2D eigenvalue weighted by molar-refractivity contribution is 0.387. The zero-order valence-corrected chi connectivity index (χ0v) is 10.1. The lowest BCUT2D eigenvalue weighted by Crippen LogP contribution is -2.24. The summed E-state index contributed by atoms with van der Waals surface area (Å²) in [6.07, 6.45) is 0.997. The molecule has 1 nitrogen and oxygen atoms in total. The molecule has 0 heterocycles. The standard InChI is InChI=1S/C12H17ClFN/c1-4-8(2)12(15-3)10-7-9(13)5-6-11(10)14/h5-8,12,15H,4H2,1-3H3. The van der Waals surface area contributed by atoms with Crippen LogP contribution in [0.1, 0.15) is 31.9 Å². The molecule has 0 spiro atoms. The van der Waals surface area contributed by atoms with Crippen molar-refractivity contribution in [2.45, 2.75) is 26.3 Å². The molecule has 0 saturated heterocycles. The van der Waals surface area contributed by atoms with E-state index in [1.54, 1.807) is 12.1 Å². The smallest absolute Gasteiger partial charge is 0.128 e. The molecule has 3 heteroatoms. The van der Waals surface area contributed by atoms with E-state index in [-0.39, 0.29) is 11.9 Å². The van der Waals surface area contributed by atoms with Gasteiger partial charge in [0.1, 0.15) is 5.82 Å². The Kier molecular flexibility index (Phi) is 4.55. The Hall–Kier alpha value is -0.600. The molecule has 15 heavy (non-hydrogen) atoms. The molecule has 0 saturated carbocycles. The third kappa shape index (κ3) is 2.93. The molecule has 1 aromatic carbocycles. The Morgan fingerprint density at radius 3 is 2.67 bits per heavy atom. The predicted octanol–water partition coefficient (Wildman–Crippen LogP) is 3.79. The van der Waals surface area contributed by atoms with Crippen LogP contribution in [-0.2, 0) is 0 Å². The van der Waals surface area contributed by atoms with E-state index in [2.05, 4.69) is 19.2 Å². The summed E-state index contributed by atoms with van der Waals surface area (Å²) in [5, 5.41) is 3.72. The maximum atomic E-state index is 13.6. The number of benzene rings is 1. The summed E-state index contributed by atoms with van der Waals surface area (Å²) in [7, 11) is 1.84. The Morgan fingerprint density at radius 2 is 2.13 bits per heavy atom. The van der Waals surface area contributed by atoms with Gasteiger partial charge in [-0.15, -0.1) is 0 Å². The molecule has 0 fully saturated rings. The normalized spacial score (nSPS) is 15.0. The molecule has 1 rings (SSSR count). The molecule has 2 atom stereocenters. The van der Waals surface area contributed by atoms with Crippen LogP contribution in [0.15, 0.2) is 18.2 Å². The van der Waals surface area contributed by atoms with Gasteiger partial charge in [-0.05, 0) is 31.2 Å². The molecule has 0 aliphatic heterocycles. The molecule has 1 N–H and O–H groups in total. The van der Waals surface area contributed by atoms with Crippen LogP contribution in [0.3, 0.4) is 0 Å². The van der Waals surface area contributed by atoms with Crippen molar-refractivity contribution in [3.8, 4) is 0 Å². The van der Waals surface area contributed by atoms with Crippen molar-refractivity contribution >= 4 is 11.6 Å². The molecule has 0 radical (unpaired) electrons. The van der Waals surface area contributed by atoms with E-state index < -0.39 is 0 Å². The zero-order chi connectivity index (χ0) is 11.4. The fourth-order valence-electron chi connectivity index (χ4n) is 1.74. The molecule has 0 aromatic heterocycles. The summed E-state index contributed by atoms with van der Waals surface area (Å²) in [5.74, 6) is 0.182. The van der Waals surface area contributed by atoms with Crippen LogP contribution >= 0.6 is 11.6 Å². The molecule has 84 valence electrons. The average Bonchev–Trinajstić information content (AvgIpc) is 2.23. The van der Waals surface area contributed by atoms with Gasteiger partial charge >= 0.3 is 0 Å². The molecular formula is C12H17ClFN. The average molecular weight is 230 g/mol. The highest BCUT2D eigenvalue weighted by Crippen LogP contribution is 2.28. The first-order chi connectivity index (χ1) is 7.10. The van der Waals surface area contributed by atoms with Crippen LogP contribution in [0.2, 0.25) is 5.02 Å². The first-order valence-electron chi connectivity index (χ1n) is 5.22. The van der Waals surface area contributed by atoms with Crippen LogP contribution in [0.5, 0.6) is 0 Å². The van der Waals surface area contributed by atoms with Crippen LogP contribution in [0.25, 0.3) is 0 Å². The van der Waals surface area contributed by atoms with Crippen molar-refractivity contribution < 1.29 is 4.39 Å². The number of hydrogen-bond donors (Lipinski definition) is 1. The zero-order valence-electron chi connectivity index (χ0n) is 9.35. The summed E-state index contributed by atoms with van der Waals surface area (Å²) < 4.78 is 13.6. The van der Waals surface area contributed by atoms with E-state index in [1.807, 2.05) is 7.05 Å². The van der Waals surface area contributed by atoms with E-state index in [0.29, 0.717) is 16.5 Å². The first-order valence-corrected chi connectivity index (χ1v) is 5.60. The molecule has 0 aliphatic carbocycles. The predicted molar refractivity (Wildman–Crippen MR) is 62.7 cm³/mol. The minimum atomic E-state index is -0.195. The first kappa shape index (κ1) is 12.5. The third-order valence-corrected chi connectivity index (χ3v) is 3.05. The number of halogens is 2. The maximum absolute atomic E-state index is 13.6. The second-order valence-corrected chi connectivity index (χ2v) is 4.25. The van der Waals surface area contributed by atoms with Crippen molar-refractivity contribution in [2.24, 2.45) is 5.92 Å². The molecule has 0 bridgehead atoms. The molecule has 2 unspecified atom stereocenters. The van der Waals surface area contributed by atoms with Crippen LogP contribution in [0.4, 0.5) is 4.39 Å². The minimum Gasteiger partial charge on any atom is -0.313 e. The van der Waals surface area contributed by atoms with Gasteiger partial charge in [-0.3, -0.25) is 0 Å². The van der Waals surface area contributed by atoms with Crippen molar-refractivity contribution in [1.29, 1.82) is 0 Å². The van der Waals surface area contributed by atoms with Gasteiger partial charge < -0.3 is 5.32 Å². The number of rotatable bonds is 4.